The van der Waals surface area contributed by atoms with E-state index >= 15 is 0 Å². The van der Waals surface area contributed by atoms with Gasteiger partial charge in [0, 0.05) is 12.1 Å². The summed E-state index contributed by atoms with van der Waals surface area (Å²) in [6.45, 7) is 3.83. The van der Waals surface area contributed by atoms with Crippen LogP contribution in [0.3, 0.4) is 0 Å². The van der Waals surface area contributed by atoms with E-state index in [4.69, 9.17) is 32.8 Å². The first-order valence-electron chi connectivity index (χ1n) is 5.58. The topological polar surface area (TPSA) is 21.7 Å². The molecule has 18 heavy (non-hydrogen) atoms. The summed E-state index contributed by atoms with van der Waals surface area (Å²) in [6, 6.07) is 7.33. The van der Waals surface area contributed by atoms with Crippen LogP contribution < -0.4 is 0 Å². The third kappa shape index (κ3) is 2.50. The Kier molecular flexibility index (Phi) is 3.87. The first-order chi connectivity index (χ1) is 8.45. The number of methoxy groups -OCH3 is 1. The van der Waals surface area contributed by atoms with Gasteiger partial charge >= 0.3 is 0 Å². The van der Waals surface area contributed by atoms with E-state index in [1.807, 2.05) is 38.1 Å². The lowest BCUT2D eigenvalue weighted by Crippen LogP contribution is -2.44. The van der Waals surface area contributed by atoms with Crippen LogP contribution in [0.2, 0.25) is 5.02 Å². The lowest BCUT2D eigenvalue weighted by Gasteiger charge is -2.36. The normalized spacial score (nSPS) is 20.7. The number of ether oxygens (including phenoxy) is 1. The number of hydroxylamine groups is 2. The van der Waals surface area contributed by atoms with Gasteiger partial charge in [0.1, 0.15) is 18.0 Å². The first-order valence-corrected chi connectivity index (χ1v) is 6.33. The molecule has 1 aliphatic heterocycles. The molecule has 1 aromatic rings. The number of benzene rings is 1. The second-order valence-corrected chi connectivity index (χ2v) is 5.41. The SMILES string of the molecule is COC(C)(C)N1OC=C(Cl)C1c1ccc(Cl)cc1. The van der Waals surface area contributed by atoms with Crippen molar-refractivity contribution in [1.29, 1.82) is 0 Å². The molecule has 0 amide bonds. The minimum absolute atomic E-state index is 0.182. The maximum atomic E-state index is 6.22. The van der Waals surface area contributed by atoms with Crippen LogP contribution in [0.25, 0.3) is 0 Å². The third-order valence-electron chi connectivity index (χ3n) is 2.99. The van der Waals surface area contributed by atoms with Gasteiger partial charge in [0.05, 0.1) is 5.03 Å². The zero-order chi connectivity index (χ0) is 13.3. The highest BCUT2D eigenvalue weighted by atomic mass is 35.5. The molecule has 0 fully saturated rings. The Hall–Kier alpha value is -0.740. The Bertz CT molecular complexity index is 457. The van der Waals surface area contributed by atoms with Crippen molar-refractivity contribution in [2.45, 2.75) is 25.6 Å². The molecule has 0 aliphatic carbocycles. The summed E-state index contributed by atoms with van der Waals surface area (Å²) in [6.07, 6.45) is 1.53. The van der Waals surface area contributed by atoms with Gasteiger partial charge in [-0.15, -0.1) is 5.06 Å². The van der Waals surface area contributed by atoms with Crippen LogP contribution in [0.1, 0.15) is 25.5 Å². The molecule has 0 saturated heterocycles. The van der Waals surface area contributed by atoms with Crippen LogP contribution in [0.5, 0.6) is 0 Å². The Labute approximate surface area is 117 Å². The first kappa shape index (κ1) is 13.7. The lowest BCUT2D eigenvalue weighted by molar-refractivity contribution is -0.264. The van der Waals surface area contributed by atoms with Gasteiger partial charge in [-0.05, 0) is 31.5 Å². The van der Waals surface area contributed by atoms with Crippen molar-refractivity contribution < 1.29 is 9.57 Å². The highest BCUT2D eigenvalue weighted by molar-refractivity contribution is 6.31. The van der Waals surface area contributed by atoms with E-state index in [-0.39, 0.29) is 6.04 Å². The minimum atomic E-state index is -0.586. The summed E-state index contributed by atoms with van der Waals surface area (Å²) < 4.78 is 5.43. The van der Waals surface area contributed by atoms with Crippen LogP contribution >= 0.6 is 23.2 Å². The summed E-state index contributed by atoms with van der Waals surface area (Å²) >= 11 is 12.1. The summed E-state index contributed by atoms with van der Waals surface area (Å²) in [5, 5.41) is 3.02. The minimum Gasteiger partial charge on any atom is -0.409 e. The molecule has 1 unspecified atom stereocenters. The van der Waals surface area contributed by atoms with Crippen LogP contribution in [0, 0.1) is 0 Å². The van der Waals surface area contributed by atoms with Gasteiger partial charge in [-0.3, -0.25) is 0 Å². The number of hydrogen-bond donors (Lipinski definition) is 0. The molecule has 0 saturated carbocycles. The summed E-state index contributed by atoms with van der Waals surface area (Å²) in [4.78, 5) is 5.50. The van der Waals surface area contributed by atoms with Gasteiger partial charge in [-0.2, -0.15) is 0 Å². The molecule has 1 heterocycles. The van der Waals surface area contributed by atoms with E-state index in [0.29, 0.717) is 10.1 Å². The molecule has 0 N–H and O–H groups in total. The average molecular weight is 288 g/mol. The molecule has 0 spiro atoms. The number of halogens is 2. The molecule has 5 heteroatoms. The molecule has 98 valence electrons. The summed E-state index contributed by atoms with van der Waals surface area (Å²) in [5.74, 6) is 0. The standard InChI is InChI=1S/C13H15Cl2NO2/c1-13(2,17-3)16-12(11(15)8-18-16)9-4-6-10(14)7-5-9/h4-8,12H,1-3H3. The fourth-order valence-electron chi connectivity index (χ4n) is 1.81. The van der Waals surface area contributed by atoms with Crippen molar-refractivity contribution in [3.05, 3.63) is 46.1 Å². The Morgan fingerprint density at radius 1 is 1.22 bits per heavy atom. The molecule has 2 rings (SSSR count). The maximum Gasteiger partial charge on any atom is 0.149 e. The van der Waals surface area contributed by atoms with Crippen molar-refractivity contribution in [2.75, 3.05) is 7.11 Å². The summed E-state index contributed by atoms with van der Waals surface area (Å²) in [5.41, 5.74) is 0.417. The van der Waals surface area contributed by atoms with Gasteiger partial charge in [-0.1, -0.05) is 35.3 Å². The zero-order valence-corrected chi connectivity index (χ0v) is 12.0. The molecule has 0 bridgehead atoms. The lowest BCUT2D eigenvalue weighted by atomic mass is 10.1. The largest absolute Gasteiger partial charge is 0.409 e. The van der Waals surface area contributed by atoms with E-state index in [2.05, 4.69) is 0 Å². The van der Waals surface area contributed by atoms with Crippen molar-refractivity contribution in [3.8, 4) is 0 Å². The molecular weight excluding hydrogens is 273 g/mol. The predicted octanol–water partition coefficient (Wildman–Crippen LogP) is 4.09. The Morgan fingerprint density at radius 3 is 2.39 bits per heavy atom. The van der Waals surface area contributed by atoms with E-state index in [9.17, 15) is 0 Å². The molecule has 1 atom stereocenters. The zero-order valence-electron chi connectivity index (χ0n) is 10.5. The highest BCUT2D eigenvalue weighted by Gasteiger charge is 2.40. The molecule has 3 nitrogen and oxygen atoms in total. The quantitative estimate of drug-likeness (QED) is 0.836. The molecule has 1 aliphatic rings. The summed E-state index contributed by atoms with van der Waals surface area (Å²) in [7, 11) is 1.63. The van der Waals surface area contributed by atoms with Crippen molar-refractivity contribution in [3.63, 3.8) is 0 Å². The number of nitrogens with zero attached hydrogens (tertiary/aromatic N) is 1. The van der Waals surface area contributed by atoms with Crippen molar-refractivity contribution in [2.24, 2.45) is 0 Å². The van der Waals surface area contributed by atoms with Crippen molar-refractivity contribution >= 4 is 23.2 Å². The van der Waals surface area contributed by atoms with Crippen LogP contribution in [0.15, 0.2) is 35.6 Å². The molecule has 1 aromatic carbocycles. The van der Waals surface area contributed by atoms with Crippen LogP contribution in [-0.4, -0.2) is 17.9 Å². The molecular formula is C13H15Cl2NO2. The van der Waals surface area contributed by atoms with E-state index in [0.717, 1.165) is 5.56 Å². The second-order valence-electron chi connectivity index (χ2n) is 4.54. The van der Waals surface area contributed by atoms with Crippen LogP contribution in [0.4, 0.5) is 0 Å². The van der Waals surface area contributed by atoms with Gasteiger partial charge in [0.15, 0.2) is 0 Å². The number of rotatable bonds is 3. The van der Waals surface area contributed by atoms with E-state index in [1.165, 1.54) is 6.26 Å². The number of hydrogen-bond acceptors (Lipinski definition) is 3. The second kappa shape index (κ2) is 5.10. The predicted molar refractivity (Wildman–Crippen MR) is 72.1 cm³/mol. The highest BCUT2D eigenvalue weighted by Crippen LogP contribution is 2.41. The Morgan fingerprint density at radius 2 is 1.83 bits per heavy atom. The van der Waals surface area contributed by atoms with E-state index < -0.39 is 5.72 Å². The Balaban J connectivity index is 2.33. The van der Waals surface area contributed by atoms with Gasteiger partial charge in [0.2, 0.25) is 0 Å². The van der Waals surface area contributed by atoms with Gasteiger partial charge < -0.3 is 9.57 Å². The van der Waals surface area contributed by atoms with Gasteiger partial charge in [0.25, 0.3) is 0 Å². The van der Waals surface area contributed by atoms with Crippen molar-refractivity contribution in [1.82, 2.24) is 5.06 Å². The smallest absolute Gasteiger partial charge is 0.149 e. The maximum absolute atomic E-state index is 6.22. The fourth-order valence-corrected chi connectivity index (χ4v) is 2.19. The third-order valence-corrected chi connectivity index (χ3v) is 3.54. The molecule has 0 aromatic heterocycles. The average Bonchev–Trinajstić information content (AvgIpc) is 2.73. The fraction of sp³-hybridized carbons (Fsp3) is 0.385. The van der Waals surface area contributed by atoms with Crippen LogP contribution in [-0.2, 0) is 9.57 Å². The molecule has 0 radical (unpaired) electrons. The monoisotopic (exact) mass is 287 g/mol. The van der Waals surface area contributed by atoms with Gasteiger partial charge in [-0.25, -0.2) is 0 Å². The van der Waals surface area contributed by atoms with E-state index in [1.54, 1.807) is 12.2 Å².